The highest BCUT2D eigenvalue weighted by atomic mass is 32.2. The lowest BCUT2D eigenvalue weighted by Gasteiger charge is -2.32. The predicted octanol–water partition coefficient (Wildman–Crippen LogP) is 1.49. The third-order valence-electron chi connectivity index (χ3n) is 3.78. The number of hydrogen-bond acceptors (Lipinski definition) is 4. The number of methoxy groups -OCH3 is 1. The van der Waals surface area contributed by atoms with Crippen molar-refractivity contribution >= 4 is 21.7 Å². The van der Waals surface area contributed by atoms with Crippen LogP contribution in [-0.4, -0.2) is 52.3 Å². The molecule has 2 N–H and O–H groups in total. The van der Waals surface area contributed by atoms with Crippen LogP contribution in [0, 0.1) is 5.92 Å². The largest absolute Gasteiger partial charge is 0.497 e. The molecule has 0 unspecified atom stereocenters. The molecule has 0 bridgehead atoms. The van der Waals surface area contributed by atoms with Crippen molar-refractivity contribution in [2.45, 2.75) is 12.8 Å². The number of ether oxygens (including phenoxy) is 1. The molecule has 1 heterocycles. The lowest BCUT2D eigenvalue weighted by atomic mass is 9.99. The van der Waals surface area contributed by atoms with E-state index in [0.717, 1.165) is 24.8 Å². The molecule has 1 atom stereocenters. The molecule has 23 heavy (non-hydrogen) atoms. The van der Waals surface area contributed by atoms with Gasteiger partial charge in [-0.15, -0.1) is 0 Å². The predicted molar refractivity (Wildman–Crippen MR) is 89.2 cm³/mol. The highest BCUT2D eigenvalue weighted by Crippen LogP contribution is 2.19. The van der Waals surface area contributed by atoms with Gasteiger partial charge in [-0.1, -0.05) is 0 Å². The molecule has 0 spiro atoms. The summed E-state index contributed by atoms with van der Waals surface area (Å²) in [6.45, 7) is 1.59. The second-order valence-corrected chi connectivity index (χ2v) is 7.57. The Morgan fingerprint density at radius 2 is 2.04 bits per heavy atom. The Labute approximate surface area is 137 Å². The summed E-state index contributed by atoms with van der Waals surface area (Å²) in [6, 6.07) is 6.96. The van der Waals surface area contributed by atoms with Crippen LogP contribution in [0.2, 0.25) is 0 Å². The van der Waals surface area contributed by atoms with Gasteiger partial charge < -0.3 is 15.0 Å². The fraction of sp³-hybridized carbons (Fsp3) is 0.533. The van der Waals surface area contributed by atoms with Crippen molar-refractivity contribution in [3.8, 4) is 5.75 Å². The summed E-state index contributed by atoms with van der Waals surface area (Å²) < 4.78 is 29.9. The van der Waals surface area contributed by atoms with Gasteiger partial charge in [0, 0.05) is 25.3 Å². The monoisotopic (exact) mass is 341 g/mol. The average Bonchev–Trinajstić information content (AvgIpc) is 2.53. The summed E-state index contributed by atoms with van der Waals surface area (Å²) in [6.07, 6.45) is 2.92. The zero-order chi connectivity index (χ0) is 16.9. The molecule has 1 aromatic rings. The minimum absolute atomic E-state index is 0.139. The van der Waals surface area contributed by atoms with Gasteiger partial charge in [0.15, 0.2) is 0 Å². The molecule has 1 saturated heterocycles. The minimum atomic E-state index is -3.20. The van der Waals surface area contributed by atoms with E-state index >= 15 is 0 Å². The van der Waals surface area contributed by atoms with E-state index in [4.69, 9.17) is 4.74 Å². The van der Waals surface area contributed by atoms with Crippen molar-refractivity contribution in [3.05, 3.63) is 24.3 Å². The molecule has 1 aliphatic rings. The van der Waals surface area contributed by atoms with Gasteiger partial charge in [0.05, 0.1) is 13.4 Å². The van der Waals surface area contributed by atoms with Crippen LogP contribution in [0.5, 0.6) is 5.75 Å². The van der Waals surface area contributed by atoms with E-state index in [9.17, 15) is 13.2 Å². The second kappa shape index (κ2) is 7.65. The van der Waals surface area contributed by atoms with E-state index in [1.54, 1.807) is 36.3 Å². The molecule has 2 rings (SSSR count). The van der Waals surface area contributed by atoms with Crippen molar-refractivity contribution in [3.63, 3.8) is 0 Å². The Balaban J connectivity index is 1.88. The maximum atomic E-state index is 12.3. The third kappa shape index (κ3) is 5.72. The van der Waals surface area contributed by atoms with Crippen LogP contribution in [0.15, 0.2) is 24.3 Å². The first-order valence-corrected chi connectivity index (χ1v) is 9.41. The van der Waals surface area contributed by atoms with Crippen LogP contribution in [0.4, 0.5) is 10.5 Å². The Hall–Kier alpha value is -1.80. The van der Waals surface area contributed by atoms with Crippen LogP contribution in [-0.2, 0) is 10.0 Å². The summed E-state index contributed by atoms with van der Waals surface area (Å²) in [5, 5.41) is 2.85. The summed E-state index contributed by atoms with van der Waals surface area (Å²) in [5.74, 6) is 0.868. The number of likely N-dealkylation sites (tertiary alicyclic amines) is 1. The summed E-state index contributed by atoms with van der Waals surface area (Å²) in [5.41, 5.74) is 0.701. The quantitative estimate of drug-likeness (QED) is 0.849. The topological polar surface area (TPSA) is 87.7 Å². The first-order valence-electron chi connectivity index (χ1n) is 7.52. The average molecular weight is 341 g/mol. The number of anilines is 1. The number of nitrogens with one attached hydrogen (secondary N) is 2. The number of amides is 2. The molecule has 2 amide bonds. The molecule has 0 aliphatic carbocycles. The molecule has 128 valence electrons. The number of sulfonamides is 1. The van der Waals surface area contributed by atoms with Gasteiger partial charge in [-0.05, 0) is 43.0 Å². The van der Waals surface area contributed by atoms with Crippen molar-refractivity contribution in [2.24, 2.45) is 5.92 Å². The van der Waals surface area contributed by atoms with Crippen LogP contribution in [0.25, 0.3) is 0 Å². The molecule has 0 saturated carbocycles. The lowest BCUT2D eigenvalue weighted by Crippen LogP contribution is -2.45. The Bertz CT molecular complexity index is 631. The summed E-state index contributed by atoms with van der Waals surface area (Å²) in [7, 11) is -1.61. The summed E-state index contributed by atoms with van der Waals surface area (Å²) in [4.78, 5) is 14.0. The molecule has 8 heteroatoms. The highest BCUT2D eigenvalue weighted by Gasteiger charge is 2.24. The van der Waals surface area contributed by atoms with Gasteiger partial charge in [-0.2, -0.15) is 0 Å². The standard InChI is InChI=1S/C15H23N3O4S/c1-22-14-7-5-13(6-8-14)17-15(19)18-9-3-4-12(11-18)10-16-23(2,20)21/h5-8,12,16H,3-4,9-11H2,1-2H3,(H,17,19)/t12-/m0/s1. The smallest absolute Gasteiger partial charge is 0.321 e. The molecule has 1 aliphatic heterocycles. The van der Waals surface area contributed by atoms with Crippen LogP contribution < -0.4 is 14.8 Å². The molecule has 1 fully saturated rings. The number of carbonyl (C=O) groups is 1. The molecule has 7 nitrogen and oxygen atoms in total. The van der Waals surface area contributed by atoms with Crippen LogP contribution in [0.1, 0.15) is 12.8 Å². The number of benzene rings is 1. The van der Waals surface area contributed by atoms with E-state index < -0.39 is 10.0 Å². The molecule has 0 aromatic heterocycles. The van der Waals surface area contributed by atoms with Crippen molar-refractivity contribution in [1.82, 2.24) is 9.62 Å². The second-order valence-electron chi connectivity index (χ2n) is 5.73. The molecular weight excluding hydrogens is 318 g/mol. The van der Waals surface area contributed by atoms with E-state index in [0.29, 0.717) is 25.3 Å². The van der Waals surface area contributed by atoms with E-state index in [-0.39, 0.29) is 11.9 Å². The zero-order valence-corrected chi connectivity index (χ0v) is 14.2. The molecule has 0 radical (unpaired) electrons. The van der Waals surface area contributed by atoms with Crippen LogP contribution in [0.3, 0.4) is 0 Å². The first kappa shape index (κ1) is 17.6. The third-order valence-corrected chi connectivity index (χ3v) is 4.47. The number of nitrogens with zero attached hydrogens (tertiary/aromatic N) is 1. The van der Waals surface area contributed by atoms with Crippen molar-refractivity contribution in [2.75, 3.05) is 38.3 Å². The van der Waals surface area contributed by atoms with Gasteiger partial charge in [-0.3, -0.25) is 0 Å². The Morgan fingerprint density at radius 3 is 2.65 bits per heavy atom. The first-order chi connectivity index (χ1) is 10.9. The Morgan fingerprint density at radius 1 is 1.35 bits per heavy atom. The maximum Gasteiger partial charge on any atom is 0.321 e. The van der Waals surface area contributed by atoms with Crippen molar-refractivity contribution in [1.29, 1.82) is 0 Å². The van der Waals surface area contributed by atoms with Crippen molar-refractivity contribution < 1.29 is 17.9 Å². The normalized spacial score (nSPS) is 18.5. The molecule has 1 aromatic carbocycles. The number of carbonyl (C=O) groups excluding carboxylic acids is 1. The van der Waals surface area contributed by atoms with Gasteiger partial charge >= 0.3 is 6.03 Å². The zero-order valence-electron chi connectivity index (χ0n) is 13.4. The number of urea groups is 1. The number of piperidine rings is 1. The van der Waals surface area contributed by atoms with Gasteiger partial charge in [0.2, 0.25) is 10.0 Å². The molecular formula is C15H23N3O4S. The van der Waals surface area contributed by atoms with Crippen LogP contribution >= 0.6 is 0 Å². The minimum Gasteiger partial charge on any atom is -0.497 e. The Kier molecular flexibility index (Phi) is 5.84. The van der Waals surface area contributed by atoms with E-state index in [1.165, 1.54) is 0 Å². The highest BCUT2D eigenvalue weighted by molar-refractivity contribution is 7.88. The number of rotatable bonds is 5. The number of hydrogen-bond donors (Lipinski definition) is 2. The van der Waals surface area contributed by atoms with Gasteiger partial charge in [0.25, 0.3) is 0 Å². The maximum absolute atomic E-state index is 12.3. The fourth-order valence-electron chi connectivity index (χ4n) is 2.56. The van der Waals surface area contributed by atoms with E-state index in [1.807, 2.05) is 0 Å². The fourth-order valence-corrected chi connectivity index (χ4v) is 3.10. The van der Waals surface area contributed by atoms with Gasteiger partial charge in [0.1, 0.15) is 5.75 Å². The lowest BCUT2D eigenvalue weighted by molar-refractivity contribution is 0.178. The van der Waals surface area contributed by atoms with Gasteiger partial charge in [-0.25, -0.2) is 17.9 Å². The SMILES string of the molecule is COc1ccc(NC(=O)N2CCC[C@@H](CNS(C)(=O)=O)C2)cc1. The van der Waals surface area contributed by atoms with E-state index in [2.05, 4.69) is 10.0 Å². The summed E-state index contributed by atoms with van der Waals surface area (Å²) >= 11 is 0.